The van der Waals surface area contributed by atoms with Crippen LogP contribution in [0.3, 0.4) is 0 Å². The normalized spacial score (nSPS) is 10.7. The Morgan fingerprint density at radius 1 is 1.33 bits per heavy atom. The van der Waals surface area contributed by atoms with E-state index in [0.717, 1.165) is 22.5 Å². The van der Waals surface area contributed by atoms with E-state index in [2.05, 4.69) is 20.3 Å². The zero-order valence-electron chi connectivity index (χ0n) is 9.83. The van der Waals surface area contributed by atoms with Gasteiger partial charge in [-0.1, -0.05) is 6.07 Å². The molecule has 6 heteroatoms. The first-order chi connectivity index (χ1) is 8.75. The van der Waals surface area contributed by atoms with Crippen molar-refractivity contribution in [3.05, 3.63) is 36.8 Å². The summed E-state index contributed by atoms with van der Waals surface area (Å²) in [7, 11) is 1.87. The fourth-order valence-electron chi connectivity index (χ4n) is 1.89. The number of rotatable bonds is 2. The third-order valence-electron chi connectivity index (χ3n) is 2.71. The Morgan fingerprint density at radius 2 is 2.22 bits per heavy atom. The summed E-state index contributed by atoms with van der Waals surface area (Å²) in [5, 5.41) is 11.3. The first-order valence-electron chi connectivity index (χ1n) is 5.50. The summed E-state index contributed by atoms with van der Waals surface area (Å²) in [4.78, 5) is 4.10. The van der Waals surface area contributed by atoms with Crippen LogP contribution < -0.4 is 5.73 Å². The molecule has 18 heavy (non-hydrogen) atoms. The predicted molar refractivity (Wildman–Crippen MR) is 68.4 cm³/mol. The molecule has 0 amide bonds. The van der Waals surface area contributed by atoms with Crippen molar-refractivity contribution in [3.8, 4) is 22.5 Å². The maximum Gasteiger partial charge on any atom is 0.153 e. The number of nitrogens with one attached hydrogen (secondary N) is 1. The molecular formula is C12H12N6. The molecule has 3 N–H and O–H groups in total. The lowest BCUT2D eigenvalue weighted by Gasteiger charge is -2.01. The number of aromatic nitrogens is 5. The van der Waals surface area contributed by atoms with Crippen LogP contribution in [-0.2, 0) is 7.05 Å². The molecule has 0 unspecified atom stereocenters. The molecule has 0 saturated carbocycles. The van der Waals surface area contributed by atoms with Crippen molar-refractivity contribution in [3.63, 3.8) is 0 Å². The summed E-state index contributed by atoms with van der Waals surface area (Å²) in [6.07, 6.45) is 5.35. The lowest BCUT2D eigenvalue weighted by molar-refractivity contribution is 0.770. The fourth-order valence-corrected chi connectivity index (χ4v) is 1.89. The second-order valence-electron chi connectivity index (χ2n) is 3.98. The second-order valence-corrected chi connectivity index (χ2v) is 3.98. The summed E-state index contributed by atoms with van der Waals surface area (Å²) >= 11 is 0. The van der Waals surface area contributed by atoms with Gasteiger partial charge >= 0.3 is 0 Å². The monoisotopic (exact) mass is 240 g/mol. The Kier molecular flexibility index (Phi) is 2.33. The molecule has 6 nitrogen and oxygen atoms in total. The molecule has 0 fully saturated rings. The van der Waals surface area contributed by atoms with Crippen molar-refractivity contribution in [1.82, 2.24) is 25.0 Å². The van der Waals surface area contributed by atoms with Gasteiger partial charge in [0.05, 0.1) is 11.3 Å². The number of H-pyrrole nitrogens is 1. The number of nitrogens with zero attached hydrogens (tertiary/aromatic N) is 4. The molecule has 0 saturated heterocycles. The number of nitrogens with two attached hydrogens (primary N) is 1. The van der Waals surface area contributed by atoms with Gasteiger partial charge < -0.3 is 5.73 Å². The third-order valence-corrected chi connectivity index (χ3v) is 2.71. The number of aromatic amines is 1. The summed E-state index contributed by atoms with van der Waals surface area (Å²) in [5.41, 5.74) is 9.28. The minimum atomic E-state index is 0.448. The number of hydrogen-bond acceptors (Lipinski definition) is 4. The quantitative estimate of drug-likeness (QED) is 0.710. The largest absolute Gasteiger partial charge is 0.382 e. The van der Waals surface area contributed by atoms with Crippen LogP contribution in [0.4, 0.5) is 5.82 Å². The van der Waals surface area contributed by atoms with Crippen LogP contribution >= 0.6 is 0 Å². The molecule has 0 radical (unpaired) electrons. The van der Waals surface area contributed by atoms with E-state index >= 15 is 0 Å². The number of pyridine rings is 1. The van der Waals surface area contributed by atoms with Crippen LogP contribution in [0.1, 0.15) is 0 Å². The molecule has 0 atom stereocenters. The molecule has 0 bridgehead atoms. The van der Waals surface area contributed by atoms with E-state index in [1.54, 1.807) is 17.1 Å². The maximum atomic E-state index is 5.91. The number of anilines is 1. The smallest absolute Gasteiger partial charge is 0.153 e. The standard InChI is InChI=1S/C12H12N6/c1-18-6-4-9(17-18)11-10(12(13)16-15-11)8-3-2-5-14-7-8/h2-7H,1H3,(H3,13,15,16). The molecule has 90 valence electrons. The van der Waals surface area contributed by atoms with E-state index in [1.807, 2.05) is 31.4 Å². The van der Waals surface area contributed by atoms with E-state index in [1.165, 1.54) is 0 Å². The zero-order chi connectivity index (χ0) is 12.5. The van der Waals surface area contributed by atoms with Crippen LogP contribution in [0.15, 0.2) is 36.8 Å². The van der Waals surface area contributed by atoms with Crippen LogP contribution in [0.5, 0.6) is 0 Å². The highest BCUT2D eigenvalue weighted by molar-refractivity contribution is 5.86. The third kappa shape index (κ3) is 1.64. The minimum Gasteiger partial charge on any atom is -0.382 e. The van der Waals surface area contributed by atoms with Gasteiger partial charge in [0.1, 0.15) is 5.69 Å². The topological polar surface area (TPSA) is 85.4 Å². The molecule has 3 aromatic rings. The molecule has 0 aliphatic rings. The van der Waals surface area contributed by atoms with Crippen molar-refractivity contribution in [2.75, 3.05) is 5.73 Å². The Morgan fingerprint density at radius 3 is 2.89 bits per heavy atom. The van der Waals surface area contributed by atoms with Gasteiger partial charge in [0.2, 0.25) is 0 Å². The van der Waals surface area contributed by atoms with Gasteiger partial charge in [-0.3, -0.25) is 14.8 Å². The van der Waals surface area contributed by atoms with Gasteiger partial charge in [0.25, 0.3) is 0 Å². The Balaban J connectivity index is 2.18. The first kappa shape index (κ1) is 10.5. The number of hydrogen-bond donors (Lipinski definition) is 2. The highest BCUT2D eigenvalue weighted by Crippen LogP contribution is 2.32. The molecule has 3 heterocycles. The summed E-state index contributed by atoms with van der Waals surface area (Å²) in [5.74, 6) is 0.448. The molecule has 0 spiro atoms. The minimum absolute atomic E-state index is 0.448. The van der Waals surface area contributed by atoms with Crippen molar-refractivity contribution < 1.29 is 0 Å². The summed E-state index contributed by atoms with van der Waals surface area (Å²) in [6.45, 7) is 0. The van der Waals surface area contributed by atoms with E-state index in [-0.39, 0.29) is 0 Å². The Bertz CT molecular complexity index is 667. The van der Waals surface area contributed by atoms with Crippen LogP contribution in [-0.4, -0.2) is 25.0 Å². The highest BCUT2D eigenvalue weighted by atomic mass is 15.3. The SMILES string of the molecule is Cn1ccc(-c2[nH]nc(N)c2-c2cccnc2)n1. The molecule has 0 aliphatic carbocycles. The Labute approximate surface area is 103 Å². The van der Waals surface area contributed by atoms with Gasteiger partial charge in [0.15, 0.2) is 5.82 Å². The maximum absolute atomic E-state index is 5.91. The average molecular weight is 240 g/mol. The first-order valence-corrected chi connectivity index (χ1v) is 5.50. The van der Waals surface area contributed by atoms with E-state index in [9.17, 15) is 0 Å². The van der Waals surface area contributed by atoms with Gasteiger partial charge in [-0.25, -0.2) is 0 Å². The molecule has 3 rings (SSSR count). The predicted octanol–water partition coefficient (Wildman–Crippen LogP) is 1.45. The second kappa shape index (κ2) is 3.99. The number of nitrogen functional groups attached to an aromatic ring is 1. The molecular weight excluding hydrogens is 228 g/mol. The average Bonchev–Trinajstić information content (AvgIpc) is 2.96. The van der Waals surface area contributed by atoms with E-state index in [0.29, 0.717) is 5.82 Å². The molecule has 0 aromatic carbocycles. The lowest BCUT2D eigenvalue weighted by Crippen LogP contribution is -1.91. The van der Waals surface area contributed by atoms with Crippen molar-refractivity contribution in [1.29, 1.82) is 0 Å². The van der Waals surface area contributed by atoms with E-state index in [4.69, 9.17) is 5.73 Å². The van der Waals surface area contributed by atoms with Gasteiger partial charge in [-0.2, -0.15) is 10.2 Å². The van der Waals surface area contributed by atoms with Gasteiger partial charge in [0, 0.05) is 31.2 Å². The highest BCUT2D eigenvalue weighted by Gasteiger charge is 2.16. The lowest BCUT2D eigenvalue weighted by atomic mass is 10.1. The van der Waals surface area contributed by atoms with E-state index < -0.39 is 0 Å². The van der Waals surface area contributed by atoms with Crippen molar-refractivity contribution in [2.24, 2.45) is 7.05 Å². The van der Waals surface area contributed by atoms with Crippen LogP contribution in [0.25, 0.3) is 22.5 Å². The van der Waals surface area contributed by atoms with Gasteiger partial charge in [-0.15, -0.1) is 0 Å². The van der Waals surface area contributed by atoms with Crippen molar-refractivity contribution in [2.45, 2.75) is 0 Å². The number of aryl methyl sites for hydroxylation is 1. The molecule has 0 aliphatic heterocycles. The van der Waals surface area contributed by atoms with Gasteiger partial charge in [-0.05, 0) is 12.1 Å². The van der Waals surface area contributed by atoms with Crippen LogP contribution in [0.2, 0.25) is 0 Å². The van der Waals surface area contributed by atoms with Crippen LogP contribution in [0, 0.1) is 0 Å². The van der Waals surface area contributed by atoms with Crippen molar-refractivity contribution >= 4 is 5.82 Å². The fraction of sp³-hybridized carbons (Fsp3) is 0.0833. The summed E-state index contributed by atoms with van der Waals surface area (Å²) in [6, 6.07) is 5.72. The molecule has 3 aromatic heterocycles. The summed E-state index contributed by atoms with van der Waals surface area (Å²) < 4.78 is 1.74. The zero-order valence-corrected chi connectivity index (χ0v) is 9.83. The Hall–Kier alpha value is -2.63.